The molecule has 1 aromatic heterocycles. The zero-order chi connectivity index (χ0) is 12.3. The van der Waals surface area contributed by atoms with Gasteiger partial charge in [-0.15, -0.1) is 0 Å². The molecule has 4 heteroatoms. The van der Waals surface area contributed by atoms with E-state index in [-0.39, 0.29) is 11.7 Å². The van der Waals surface area contributed by atoms with Crippen LogP contribution in [0.2, 0.25) is 0 Å². The second-order valence-corrected chi connectivity index (χ2v) is 3.63. The Hall–Kier alpha value is -2.36. The number of hydrogen-bond acceptors (Lipinski definition) is 3. The third-order valence-corrected chi connectivity index (χ3v) is 2.26. The normalized spacial score (nSPS) is 9.94. The highest BCUT2D eigenvalue weighted by molar-refractivity contribution is 5.93. The molecule has 0 spiro atoms. The number of aromatic hydroxyl groups is 1. The van der Waals surface area contributed by atoms with Crippen LogP contribution in [0, 0.1) is 0 Å². The number of amides is 1. The quantitative estimate of drug-likeness (QED) is 0.829. The average Bonchev–Trinajstić information content (AvgIpc) is 2.30. The first-order valence-electron chi connectivity index (χ1n) is 5.19. The van der Waals surface area contributed by atoms with Crippen LogP contribution in [0.25, 0.3) is 11.3 Å². The molecule has 0 aliphatic carbocycles. The minimum atomic E-state index is -0.128. The molecular weight excluding hydrogens is 216 g/mol. The Morgan fingerprint density at radius 2 is 2.00 bits per heavy atom. The van der Waals surface area contributed by atoms with E-state index in [1.165, 1.54) is 13.1 Å². The van der Waals surface area contributed by atoms with Crippen LogP contribution >= 0.6 is 0 Å². The topological polar surface area (TPSA) is 62.2 Å². The molecule has 0 atom stereocenters. The lowest BCUT2D eigenvalue weighted by Crippen LogP contribution is -2.06. The molecule has 0 aliphatic heterocycles. The number of anilines is 1. The number of para-hydroxylation sites is 1. The molecule has 0 radical (unpaired) electrons. The van der Waals surface area contributed by atoms with Crippen molar-refractivity contribution < 1.29 is 9.90 Å². The molecule has 2 N–H and O–H groups in total. The molecule has 0 bridgehead atoms. The van der Waals surface area contributed by atoms with Crippen molar-refractivity contribution in [1.82, 2.24) is 4.98 Å². The molecule has 86 valence electrons. The molecule has 0 saturated carbocycles. The van der Waals surface area contributed by atoms with Gasteiger partial charge in [0, 0.05) is 12.5 Å². The highest BCUT2D eigenvalue weighted by Gasteiger charge is 2.06. The van der Waals surface area contributed by atoms with E-state index in [4.69, 9.17) is 0 Å². The Morgan fingerprint density at radius 3 is 2.65 bits per heavy atom. The fourth-order valence-corrected chi connectivity index (χ4v) is 1.55. The third kappa shape index (κ3) is 2.60. The van der Waals surface area contributed by atoms with Gasteiger partial charge in [-0.05, 0) is 18.2 Å². The predicted octanol–water partition coefficient (Wildman–Crippen LogP) is 2.41. The van der Waals surface area contributed by atoms with E-state index in [1.807, 2.05) is 24.3 Å². The first-order valence-corrected chi connectivity index (χ1v) is 5.19. The predicted molar refractivity (Wildman–Crippen MR) is 65.6 cm³/mol. The highest BCUT2D eigenvalue weighted by Crippen LogP contribution is 2.26. The van der Waals surface area contributed by atoms with Crippen molar-refractivity contribution in [3.05, 3.63) is 42.6 Å². The zero-order valence-electron chi connectivity index (χ0n) is 9.34. The Balaban J connectivity index is 2.44. The first kappa shape index (κ1) is 11.1. The van der Waals surface area contributed by atoms with E-state index in [2.05, 4.69) is 10.3 Å². The number of carbonyl (C=O) groups is 1. The summed E-state index contributed by atoms with van der Waals surface area (Å²) in [6.45, 7) is 1.46. The maximum absolute atomic E-state index is 11.1. The number of nitrogens with one attached hydrogen (secondary N) is 1. The molecule has 2 rings (SSSR count). The van der Waals surface area contributed by atoms with Gasteiger partial charge in [0.25, 0.3) is 0 Å². The smallest absolute Gasteiger partial charge is 0.221 e. The molecule has 0 fully saturated rings. The van der Waals surface area contributed by atoms with E-state index in [0.717, 1.165) is 5.56 Å². The molecule has 4 nitrogen and oxygen atoms in total. The van der Waals surface area contributed by atoms with Crippen LogP contribution in [0.15, 0.2) is 42.6 Å². The van der Waals surface area contributed by atoms with Crippen LogP contribution < -0.4 is 5.32 Å². The van der Waals surface area contributed by atoms with Gasteiger partial charge in [0.15, 0.2) is 0 Å². The van der Waals surface area contributed by atoms with E-state index < -0.39 is 0 Å². The summed E-state index contributed by atoms with van der Waals surface area (Å²) in [7, 11) is 0. The monoisotopic (exact) mass is 228 g/mol. The van der Waals surface area contributed by atoms with Crippen LogP contribution in [0.5, 0.6) is 5.75 Å². The molecule has 1 heterocycles. The Bertz CT molecular complexity index is 535. The summed E-state index contributed by atoms with van der Waals surface area (Å²) in [4.78, 5) is 15.2. The van der Waals surface area contributed by atoms with Crippen LogP contribution in [-0.2, 0) is 4.79 Å². The minimum absolute atomic E-state index is 0.116. The van der Waals surface area contributed by atoms with Gasteiger partial charge in [-0.2, -0.15) is 0 Å². The lowest BCUT2D eigenvalue weighted by molar-refractivity contribution is -0.114. The summed E-state index contributed by atoms with van der Waals surface area (Å²) < 4.78 is 0. The molecule has 0 unspecified atom stereocenters. The SMILES string of the molecule is CC(=O)Nc1ccccc1-c1ccc(O)cn1. The van der Waals surface area contributed by atoms with E-state index in [1.54, 1.807) is 12.1 Å². The molecule has 1 aromatic carbocycles. The van der Waals surface area contributed by atoms with Crippen LogP contribution in [0.1, 0.15) is 6.92 Å². The lowest BCUT2D eigenvalue weighted by atomic mass is 10.1. The summed E-state index contributed by atoms with van der Waals surface area (Å²) in [6.07, 6.45) is 1.37. The van der Waals surface area contributed by atoms with E-state index >= 15 is 0 Å². The number of nitrogens with zero attached hydrogens (tertiary/aromatic N) is 1. The van der Waals surface area contributed by atoms with Gasteiger partial charge in [-0.1, -0.05) is 18.2 Å². The number of aromatic nitrogens is 1. The number of pyridine rings is 1. The largest absolute Gasteiger partial charge is 0.506 e. The Labute approximate surface area is 98.9 Å². The van der Waals surface area contributed by atoms with Crippen LogP contribution in [0.4, 0.5) is 5.69 Å². The van der Waals surface area contributed by atoms with E-state index in [9.17, 15) is 9.90 Å². The van der Waals surface area contributed by atoms with Gasteiger partial charge >= 0.3 is 0 Å². The van der Waals surface area contributed by atoms with Crippen molar-refractivity contribution in [3.63, 3.8) is 0 Å². The summed E-state index contributed by atoms with van der Waals surface area (Å²) in [6, 6.07) is 10.7. The maximum Gasteiger partial charge on any atom is 0.221 e. The van der Waals surface area contributed by atoms with Crippen molar-refractivity contribution in [2.75, 3.05) is 5.32 Å². The summed E-state index contributed by atoms with van der Waals surface area (Å²) in [5.74, 6) is -0.0120. The molecule has 1 amide bonds. The molecular formula is C13H12N2O2. The number of benzene rings is 1. The lowest BCUT2D eigenvalue weighted by Gasteiger charge is -2.08. The van der Waals surface area contributed by atoms with Crippen molar-refractivity contribution in [3.8, 4) is 17.0 Å². The van der Waals surface area contributed by atoms with Gasteiger partial charge in [0.2, 0.25) is 5.91 Å². The van der Waals surface area contributed by atoms with Gasteiger partial charge in [0.1, 0.15) is 5.75 Å². The fourth-order valence-electron chi connectivity index (χ4n) is 1.55. The van der Waals surface area contributed by atoms with Gasteiger partial charge in [0.05, 0.1) is 17.6 Å². The van der Waals surface area contributed by atoms with Crippen molar-refractivity contribution in [1.29, 1.82) is 0 Å². The molecule has 0 saturated heterocycles. The van der Waals surface area contributed by atoms with Crippen LogP contribution in [-0.4, -0.2) is 16.0 Å². The molecule has 2 aromatic rings. The zero-order valence-corrected chi connectivity index (χ0v) is 9.34. The minimum Gasteiger partial charge on any atom is -0.506 e. The van der Waals surface area contributed by atoms with Crippen molar-refractivity contribution in [2.45, 2.75) is 6.92 Å². The maximum atomic E-state index is 11.1. The first-order chi connectivity index (χ1) is 8.16. The highest BCUT2D eigenvalue weighted by atomic mass is 16.3. The number of hydrogen-bond donors (Lipinski definition) is 2. The number of carbonyl (C=O) groups excluding carboxylic acids is 1. The summed E-state index contributed by atoms with van der Waals surface area (Å²) in [5, 5.41) is 11.9. The van der Waals surface area contributed by atoms with Crippen molar-refractivity contribution in [2.24, 2.45) is 0 Å². The third-order valence-electron chi connectivity index (χ3n) is 2.26. The second-order valence-electron chi connectivity index (χ2n) is 3.63. The summed E-state index contributed by atoms with van der Waals surface area (Å²) in [5.41, 5.74) is 2.23. The van der Waals surface area contributed by atoms with Crippen LogP contribution in [0.3, 0.4) is 0 Å². The number of rotatable bonds is 2. The second kappa shape index (κ2) is 4.65. The van der Waals surface area contributed by atoms with Gasteiger partial charge in [-0.25, -0.2) is 0 Å². The standard InChI is InChI=1S/C13H12N2O2/c1-9(16)15-13-5-3-2-4-11(13)12-7-6-10(17)8-14-12/h2-8,17H,1H3,(H,15,16). The Kier molecular flexibility index (Phi) is 3.05. The van der Waals surface area contributed by atoms with E-state index in [0.29, 0.717) is 11.4 Å². The molecule has 0 aliphatic rings. The molecule has 17 heavy (non-hydrogen) atoms. The van der Waals surface area contributed by atoms with Gasteiger partial charge < -0.3 is 10.4 Å². The van der Waals surface area contributed by atoms with Gasteiger partial charge in [-0.3, -0.25) is 9.78 Å². The fraction of sp³-hybridized carbons (Fsp3) is 0.0769. The Morgan fingerprint density at radius 1 is 1.24 bits per heavy atom. The summed E-state index contributed by atoms with van der Waals surface area (Å²) >= 11 is 0. The average molecular weight is 228 g/mol. The van der Waals surface area contributed by atoms with Crippen molar-refractivity contribution >= 4 is 11.6 Å².